The van der Waals surface area contributed by atoms with Crippen molar-refractivity contribution in [1.29, 1.82) is 0 Å². The van der Waals surface area contributed by atoms with Gasteiger partial charge in [0.25, 0.3) is 0 Å². The Morgan fingerprint density at radius 1 is 1.25 bits per heavy atom. The van der Waals surface area contributed by atoms with Gasteiger partial charge in [-0.05, 0) is 0 Å². The van der Waals surface area contributed by atoms with E-state index in [-0.39, 0.29) is 0 Å². The number of rotatable bonds is 4. The fourth-order valence-corrected chi connectivity index (χ4v) is 9.96. The van der Waals surface area contributed by atoms with Crippen LogP contribution >= 0.6 is 6.60 Å². The first kappa shape index (κ1) is 15.8. The number of nitrogens with one attached hydrogen (secondary N) is 1. The minimum atomic E-state index is -1.91. The molecule has 0 aromatic rings. The van der Waals surface area contributed by atoms with E-state index in [0.717, 1.165) is 12.5 Å². The molecular formula is C18H32NP. The standard InChI is InChI=1S/C18H32NP/c1-8-20(7,11-13(2)3)12-17(14(4)5)16-9-15(6)10-19-18(16)20/h9,12-14,19H,8,10-11H2,1-7H3. The third kappa shape index (κ3) is 2.39. The Morgan fingerprint density at radius 3 is 2.40 bits per heavy atom. The summed E-state index contributed by atoms with van der Waals surface area (Å²) in [6.07, 6.45) is 5.08. The Kier molecular flexibility index (Phi) is 3.97. The van der Waals surface area contributed by atoms with E-state index in [0.29, 0.717) is 5.92 Å². The molecule has 0 saturated carbocycles. The van der Waals surface area contributed by atoms with E-state index >= 15 is 0 Å². The molecule has 0 aromatic carbocycles. The van der Waals surface area contributed by atoms with Gasteiger partial charge in [-0.25, -0.2) is 0 Å². The molecule has 2 aliphatic rings. The predicted octanol–water partition coefficient (Wildman–Crippen LogP) is 5.16. The molecule has 0 amide bonds. The van der Waals surface area contributed by atoms with Crippen LogP contribution in [0.2, 0.25) is 0 Å². The molecule has 0 atom stereocenters. The minimum absolute atomic E-state index is 0.617. The van der Waals surface area contributed by atoms with E-state index < -0.39 is 6.60 Å². The average molecular weight is 293 g/mol. The Hall–Kier alpha value is -0.550. The van der Waals surface area contributed by atoms with Gasteiger partial charge in [0.05, 0.1) is 0 Å². The number of allylic oxidation sites excluding steroid dienone is 3. The van der Waals surface area contributed by atoms with E-state index in [1.165, 1.54) is 23.5 Å². The van der Waals surface area contributed by atoms with Crippen molar-refractivity contribution >= 4 is 6.60 Å². The van der Waals surface area contributed by atoms with Gasteiger partial charge >= 0.3 is 125 Å². The molecule has 20 heavy (non-hydrogen) atoms. The van der Waals surface area contributed by atoms with Crippen LogP contribution in [0, 0.1) is 11.8 Å². The molecule has 2 heterocycles. The van der Waals surface area contributed by atoms with Crippen molar-refractivity contribution in [3.05, 3.63) is 34.1 Å². The van der Waals surface area contributed by atoms with Crippen LogP contribution in [-0.2, 0) is 0 Å². The van der Waals surface area contributed by atoms with E-state index in [1.54, 1.807) is 11.0 Å². The van der Waals surface area contributed by atoms with E-state index in [2.05, 4.69) is 65.4 Å². The summed E-state index contributed by atoms with van der Waals surface area (Å²) < 4.78 is 0. The Bertz CT molecular complexity index is 510. The molecule has 0 bridgehead atoms. The summed E-state index contributed by atoms with van der Waals surface area (Å²) in [5, 5.41) is 3.82. The van der Waals surface area contributed by atoms with Gasteiger partial charge in [0, 0.05) is 0 Å². The molecule has 0 fully saturated rings. The molecule has 0 saturated heterocycles. The van der Waals surface area contributed by atoms with E-state index in [9.17, 15) is 0 Å². The van der Waals surface area contributed by atoms with Crippen molar-refractivity contribution in [1.82, 2.24) is 5.32 Å². The van der Waals surface area contributed by atoms with Gasteiger partial charge in [-0.3, -0.25) is 0 Å². The quantitative estimate of drug-likeness (QED) is 0.706. The summed E-state index contributed by atoms with van der Waals surface area (Å²) in [5.41, 5.74) is 6.20. The van der Waals surface area contributed by atoms with E-state index in [1.807, 2.05) is 0 Å². The van der Waals surface area contributed by atoms with E-state index in [4.69, 9.17) is 0 Å². The first-order valence-corrected chi connectivity index (χ1v) is 11.2. The van der Waals surface area contributed by atoms with Crippen LogP contribution in [0.3, 0.4) is 0 Å². The zero-order valence-corrected chi connectivity index (χ0v) is 15.3. The van der Waals surface area contributed by atoms with Crippen molar-refractivity contribution in [3.63, 3.8) is 0 Å². The van der Waals surface area contributed by atoms with Crippen LogP contribution in [-0.4, -0.2) is 25.5 Å². The monoisotopic (exact) mass is 293 g/mol. The maximum absolute atomic E-state index is 3.82. The van der Waals surface area contributed by atoms with Crippen molar-refractivity contribution < 1.29 is 0 Å². The molecule has 2 rings (SSSR count). The van der Waals surface area contributed by atoms with Crippen LogP contribution in [0.4, 0.5) is 0 Å². The van der Waals surface area contributed by atoms with Crippen molar-refractivity contribution in [3.8, 4) is 0 Å². The van der Waals surface area contributed by atoms with Crippen LogP contribution in [0.15, 0.2) is 34.1 Å². The van der Waals surface area contributed by atoms with Gasteiger partial charge in [0.2, 0.25) is 0 Å². The van der Waals surface area contributed by atoms with Gasteiger partial charge in [-0.1, -0.05) is 0 Å². The molecule has 2 heteroatoms. The summed E-state index contributed by atoms with van der Waals surface area (Å²) in [7, 11) is 0. The van der Waals surface area contributed by atoms with Gasteiger partial charge in [0.15, 0.2) is 0 Å². The molecular weight excluding hydrogens is 261 g/mol. The fourth-order valence-electron chi connectivity index (χ4n) is 4.04. The third-order valence-electron chi connectivity index (χ3n) is 5.05. The second kappa shape index (κ2) is 5.02. The molecule has 0 radical (unpaired) electrons. The Morgan fingerprint density at radius 2 is 1.90 bits per heavy atom. The summed E-state index contributed by atoms with van der Waals surface area (Å²) in [6, 6.07) is 0. The molecule has 0 unspecified atom stereocenters. The van der Waals surface area contributed by atoms with Crippen LogP contribution in [0.25, 0.3) is 0 Å². The Balaban J connectivity index is 2.65. The second-order valence-corrected chi connectivity index (χ2v) is 13.9. The number of hydrogen-bond acceptors (Lipinski definition) is 1. The second-order valence-electron chi connectivity index (χ2n) is 7.89. The normalized spacial score (nSPS) is 25.8. The zero-order valence-electron chi connectivity index (χ0n) is 14.4. The molecule has 0 aromatic heterocycles. The Labute approximate surface area is 125 Å². The van der Waals surface area contributed by atoms with Crippen LogP contribution in [0.5, 0.6) is 0 Å². The predicted molar refractivity (Wildman–Crippen MR) is 94.8 cm³/mol. The average Bonchev–Trinajstić information content (AvgIpc) is 2.60. The van der Waals surface area contributed by atoms with Crippen molar-refractivity contribution in [2.45, 2.75) is 41.5 Å². The van der Waals surface area contributed by atoms with Crippen LogP contribution in [0.1, 0.15) is 41.5 Å². The first-order chi connectivity index (χ1) is 9.20. The number of dihydropyridines is 1. The zero-order chi connectivity index (χ0) is 15.2. The van der Waals surface area contributed by atoms with Gasteiger partial charge in [-0.15, -0.1) is 0 Å². The summed E-state index contributed by atoms with van der Waals surface area (Å²) >= 11 is 0. The fraction of sp³-hybridized carbons (Fsp3) is 0.667. The van der Waals surface area contributed by atoms with Crippen molar-refractivity contribution in [2.75, 3.05) is 25.5 Å². The molecule has 0 spiro atoms. The molecule has 2 aliphatic heterocycles. The van der Waals surface area contributed by atoms with Crippen LogP contribution < -0.4 is 5.32 Å². The number of hydrogen-bond donors (Lipinski definition) is 1. The SMILES string of the molecule is CCP1(C)(CC(C)C)C=C(C(C)C)C2=C1NCC(C)=C2. The summed E-state index contributed by atoms with van der Waals surface area (Å²) in [5.74, 6) is 4.10. The molecule has 1 N–H and O–H groups in total. The van der Waals surface area contributed by atoms with Crippen molar-refractivity contribution in [2.24, 2.45) is 11.8 Å². The third-order valence-corrected chi connectivity index (χ3v) is 11.3. The van der Waals surface area contributed by atoms with Gasteiger partial charge in [-0.2, -0.15) is 0 Å². The first-order valence-electron chi connectivity index (χ1n) is 8.10. The summed E-state index contributed by atoms with van der Waals surface area (Å²) in [6.45, 7) is 15.8. The topological polar surface area (TPSA) is 12.0 Å². The molecule has 0 aliphatic carbocycles. The maximum atomic E-state index is 3.82. The van der Waals surface area contributed by atoms with Gasteiger partial charge in [0.1, 0.15) is 0 Å². The molecule has 114 valence electrons. The summed E-state index contributed by atoms with van der Waals surface area (Å²) in [4.78, 5) is 0. The van der Waals surface area contributed by atoms with Gasteiger partial charge < -0.3 is 0 Å². The molecule has 1 nitrogen and oxygen atoms in total.